The van der Waals surface area contributed by atoms with Gasteiger partial charge in [0.25, 0.3) is 5.91 Å². The van der Waals surface area contributed by atoms with Crippen molar-refractivity contribution in [2.24, 2.45) is 5.10 Å². The van der Waals surface area contributed by atoms with Gasteiger partial charge in [-0.25, -0.2) is 10.2 Å². The highest BCUT2D eigenvalue weighted by molar-refractivity contribution is 14.1. The smallest absolute Gasteiger partial charge is 0.335 e. The normalized spacial score (nSPS) is 13.6. The molecule has 36 heavy (non-hydrogen) atoms. The number of carboxylic acid groups (broad SMARTS) is 1. The molecule has 0 spiro atoms. The van der Waals surface area contributed by atoms with Gasteiger partial charge < -0.3 is 14.6 Å². The van der Waals surface area contributed by atoms with Gasteiger partial charge in [0.1, 0.15) is 18.1 Å². The van der Waals surface area contributed by atoms with Crippen molar-refractivity contribution in [3.63, 3.8) is 0 Å². The van der Waals surface area contributed by atoms with Crippen LogP contribution in [0.25, 0.3) is 0 Å². The highest BCUT2D eigenvalue weighted by Gasteiger charge is 2.18. The number of hydrogen-bond acceptors (Lipinski definition) is 7. The quantitative estimate of drug-likeness (QED) is 0.171. The number of carbonyl (C=O) groups excluding carboxylic acids is 1. The first-order chi connectivity index (χ1) is 17.5. The molecular weight excluding hydrogens is 611 g/mol. The third-order valence-corrected chi connectivity index (χ3v) is 9.05. The van der Waals surface area contributed by atoms with Crippen LogP contribution in [0.3, 0.4) is 0 Å². The number of aromatic carboxylic acids is 1. The number of halogens is 1. The maximum absolute atomic E-state index is 12.1. The van der Waals surface area contributed by atoms with Gasteiger partial charge in [0.05, 0.1) is 19.9 Å². The lowest BCUT2D eigenvalue weighted by Crippen LogP contribution is -2.24. The van der Waals surface area contributed by atoms with Crippen LogP contribution in [0.15, 0.2) is 71.8 Å². The first-order valence-electron chi connectivity index (χ1n) is 11.0. The van der Waals surface area contributed by atoms with Crippen molar-refractivity contribution >= 4 is 64.2 Å². The lowest BCUT2D eigenvalue weighted by Gasteiger charge is -2.10. The summed E-state index contributed by atoms with van der Waals surface area (Å²) in [5.74, 6) is 2.40. The molecule has 0 radical (unpaired) electrons. The Morgan fingerprint density at radius 3 is 2.42 bits per heavy atom. The van der Waals surface area contributed by atoms with Crippen molar-refractivity contribution in [3.8, 4) is 11.5 Å². The zero-order valence-corrected chi connectivity index (χ0v) is 22.8. The molecule has 1 aliphatic heterocycles. The largest absolute Gasteiger partial charge is 0.488 e. The summed E-state index contributed by atoms with van der Waals surface area (Å²) in [4.78, 5) is 23.0. The Labute approximate surface area is 231 Å². The number of thioether (sulfide) groups is 2. The number of carboxylic acids is 1. The molecule has 1 fully saturated rings. The Morgan fingerprint density at radius 2 is 1.75 bits per heavy atom. The number of carbonyl (C=O) groups is 2. The van der Waals surface area contributed by atoms with Gasteiger partial charge in [0.15, 0.2) is 6.61 Å². The fourth-order valence-corrected chi connectivity index (χ4v) is 6.81. The molecule has 4 rings (SSSR count). The van der Waals surface area contributed by atoms with Crippen molar-refractivity contribution < 1.29 is 24.2 Å². The lowest BCUT2D eigenvalue weighted by atomic mass is 10.1. The van der Waals surface area contributed by atoms with Gasteiger partial charge in [-0.3, -0.25) is 4.79 Å². The third-order valence-electron chi connectivity index (χ3n) is 5.10. The van der Waals surface area contributed by atoms with E-state index in [0.717, 1.165) is 14.7 Å². The minimum atomic E-state index is -0.958. The maximum atomic E-state index is 12.1. The van der Waals surface area contributed by atoms with Crippen LogP contribution >= 0.6 is 46.1 Å². The highest BCUT2D eigenvalue weighted by Crippen LogP contribution is 2.45. The van der Waals surface area contributed by atoms with E-state index < -0.39 is 5.97 Å². The van der Waals surface area contributed by atoms with Gasteiger partial charge in [0.2, 0.25) is 0 Å². The van der Waals surface area contributed by atoms with Crippen LogP contribution in [-0.4, -0.2) is 41.3 Å². The summed E-state index contributed by atoms with van der Waals surface area (Å²) in [6, 6.07) is 20.0. The van der Waals surface area contributed by atoms with E-state index in [2.05, 4.69) is 33.1 Å². The zero-order valence-electron chi connectivity index (χ0n) is 19.1. The second-order valence-electron chi connectivity index (χ2n) is 7.71. The minimum absolute atomic E-state index is 0.124. The molecular formula is C26H23IN2O5S2. The molecule has 0 aromatic heterocycles. The first kappa shape index (κ1) is 26.4. The van der Waals surface area contributed by atoms with Crippen LogP contribution in [0.4, 0.5) is 0 Å². The van der Waals surface area contributed by atoms with Crippen molar-refractivity contribution in [3.05, 3.63) is 92.6 Å². The van der Waals surface area contributed by atoms with Crippen molar-refractivity contribution in [2.45, 2.75) is 11.2 Å². The number of ether oxygens (including phenoxy) is 2. The molecule has 0 aliphatic carbocycles. The predicted molar refractivity (Wildman–Crippen MR) is 152 cm³/mol. The zero-order chi connectivity index (χ0) is 25.3. The minimum Gasteiger partial charge on any atom is -0.488 e. The molecule has 0 atom stereocenters. The summed E-state index contributed by atoms with van der Waals surface area (Å²) in [5, 5.41) is 13.0. The van der Waals surface area contributed by atoms with Crippen LogP contribution in [-0.2, 0) is 11.4 Å². The number of nitrogens with zero attached hydrogens (tertiary/aromatic N) is 1. The topological polar surface area (TPSA) is 97.2 Å². The monoisotopic (exact) mass is 634 g/mol. The Hall–Kier alpha value is -2.70. The second kappa shape index (κ2) is 13.0. The molecule has 1 heterocycles. The highest BCUT2D eigenvalue weighted by atomic mass is 127. The molecule has 7 nitrogen and oxygen atoms in total. The number of nitrogens with one attached hydrogen (secondary N) is 1. The van der Waals surface area contributed by atoms with Crippen molar-refractivity contribution in [1.82, 2.24) is 5.43 Å². The van der Waals surface area contributed by atoms with E-state index in [1.54, 1.807) is 30.5 Å². The Morgan fingerprint density at radius 1 is 1.03 bits per heavy atom. The van der Waals surface area contributed by atoms with Crippen LogP contribution in [0.2, 0.25) is 0 Å². The summed E-state index contributed by atoms with van der Waals surface area (Å²) < 4.78 is 12.8. The van der Waals surface area contributed by atoms with Gasteiger partial charge >= 0.3 is 5.97 Å². The third kappa shape index (κ3) is 7.65. The van der Waals surface area contributed by atoms with E-state index in [1.807, 2.05) is 66.0 Å². The molecule has 1 aliphatic rings. The van der Waals surface area contributed by atoms with E-state index in [1.165, 1.54) is 17.1 Å². The van der Waals surface area contributed by atoms with Crippen molar-refractivity contribution in [1.29, 1.82) is 0 Å². The second-order valence-corrected chi connectivity index (χ2v) is 11.6. The lowest BCUT2D eigenvalue weighted by molar-refractivity contribution is -0.123. The summed E-state index contributed by atoms with van der Waals surface area (Å²) >= 11 is 6.07. The molecule has 0 unspecified atom stereocenters. The van der Waals surface area contributed by atoms with Gasteiger partial charge in [0, 0.05) is 11.5 Å². The molecule has 1 amide bonds. The number of benzene rings is 3. The van der Waals surface area contributed by atoms with Crippen LogP contribution in [0.5, 0.6) is 11.5 Å². The van der Waals surface area contributed by atoms with Gasteiger partial charge in [-0.2, -0.15) is 5.10 Å². The number of hydrogen-bond donors (Lipinski definition) is 2. The summed E-state index contributed by atoms with van der Waals surface area (Å²) in [6.45, 7) is 0.196. The van der Waals surface area contributed by atoms with Crippen LogP contribution in [0, 0.1) is 3.57 Å². The molecule has 1 saturated heterocycles. The molecule has 3 aromatic rings. The van der Waals surface area contributed by atoms with E-state index in [0.29, 0.717) is 22.7 Å². The molecule has 0 saturated carbocycles. The Balaban J connectivity index is 1.21. The molecule has 0 bridgehead atoms. The van der Waals surface area contributed by atoms with Crippen LogP contribution in [0.1, 0.15) is 31.6 Å². The summed E-state index contributed by atoms with van der Waals surface area (Å²) in [6.07, 6.45) is 1.56. The van der Waals surface area contributed by atoms with Crippen molar-refractivity contribution in [2.75, 3.05) is 18.1 Å². The average molecular weight is 635 g/mol. The number of hydrazone groups is 1. The van der Waals surface area contributed by atoms with E-state index in [-0.39, 0.29) is 18.1 Å². The Bertz CT molecular complexity index is 1230. The van der Waals surface area contributed by atoms with Gasteiger partial charge in [-0.05, 0) is 81.7 Å². The molecule has 2 N–H and O–H groups in total. The van der Waals surface area contributed by atoms with E-state index >= 15 is 0 Å². The predicted octanol–water partition coefficient (Wildman–Crippen LogP) is 5.58. The average Bonchev–Trinajstić information content (AvgIpc) is 3.43. The van der Waals surface area contributed by atoms with Gasteiger partial charge in [-0.15, -0.1) is 23.5 Å². The van der Waals surface area contributed by atoms with E-state index in [4.69, 9.17) is 14.6 Å². The standard InChI is InChI=1S/C26H23IN2O5S2/c27-22-13-18(3-10-23(22)34-15-17-1-4-19(5-2-17)25(31)32)14-28-29-24(30)16-33-21-8-6-20(7-9-21)26-35-11-12-36-26/h1-10,13-14,26H,11-12,15-16H2,(H,29,30)(H,31,32)/b28-14-. The van der Waals surface area contributed by atoms with Crippen LogP contribution < -0.4 is 14.9 Å². The number of amides is 1. The number of rotatable bonds is 10. The molecule has 10 heteroatoms. The maximum Gasteiger partial charge on any atom is 0.335 e. The fraction of sp³-hybridized carbons (Fsp3) is 0.192. The summed E-state index contributed by atoms with van der Waals surface area (Å²) in [7, 11) is 0. The molecule has 186 valence electrons. The van der Waals surface area contributed by atoms with Gasteiger partial charge in [-0.1, -0.05) is 24.3 Å². The SMILES string of the molecule is O=C(COc1ccc(C2SCCS2)cc1)N/N=C\c1ccc(OCc2ccc(C(=O)O)cc2)c(I)c1. The molecule has 3 aromatic carbocycles. The Kier molecular flexibility index (Phi) is 9.54. The fourth-order valence-electron chi connectivity index (χ4n) is 3.25. The van der Waals surface area contributed by atoms with E-state index in [9.17, 15) is 9.59 Å². The summed E-state index contributed by atoms with van der Waals surface area (Å²) in [5.41, 5.74) is 5.65. The first-order valence-corrected chi connectivity index (χ1v) is 14.2.